The summed E-state index contributed by atoms with van der Waals surface area (Å²) in [6, 6.07) is 0. The van der Waals surface area contributed by atoms with Gasteiger partial charge < -0.3 is 9.47 Å². The minimum Gasteiger partial charge on any atom is -0.491 e. The Morgan fingerprint density at radius 1 is 0.833 bits per heavy atom. The summed E-state index contributed by atoms with van der Waals surface area (Å²) in [5, 5.41) is 0. The second kappa shape index (κ2) is 2.28. The number of hydrogen-bond acceptors (Lipinski definition) is 2. The van der Waals surface area contributed by atoms with E-state index < -0.39 is 0 Å². The van der Waals surface area contributed by atoms with Gasteiger partial charge in [0, 0.05) is 0 Å². The average Bonchev–Trinajstić information content (AvgIpc) is 2.84. The highest BCUT2D eigenvalue weighted by atomic mass is 16.6. The molecule has 2 heteroatoms. The minimum atomic E-state index is -0.0526. The van der Waals surface area contributed by atoms with Crippen LogP contribution in [0.3, 0.4) is 0 Å². The minimum absolute atomic E-state index is 0.0526. The zero-order chi connectivity index (χ0) is 8.66. The first-order valence-electron chi connectivity index (χ1n) is 4.36. The molecule has 2 fully saturated rings. The molecule has 2 rings (SSSR count). The molecule has 0 aromatic rings. The Labute approximate surface area is 72.9 Å². The molecule has 0 aromatic heterocycles. The second-order valence-corrected chi connectivity index (χ2v) is 3.56. The summed E-state index contributed by atoms with van der Waals surface area (Å²) >= 11 is 0. The molecule has 0 atom stereocenters. The van der Waals surface area contributed by atoms with Gasteiger partial charge in [-0.1, -0.05) is 13.2 Å². The molecule has 2 nitrogen and oxygen atoms in total. The van der Waals surface area contributed by atoms with E-state index in [1.165, 1.54) is 12.5 Å². The fraction of sp³-hybridized carbons (Fsp3) is 0.600. The first-order chi connectivity index (χ1) is 5.79. The summed E-state index contributed by atoms with van der Waals surface area (Å²) < 4.78 is 11.0. The van der Waals surface area contributed by atoms with Crippen LogP contribution in [0.15, 0.2) is 25.7 Å². The van der Waals surface area contributed by atoms with Gasteiger partial charge in [-0.3, -0.25) is 0 Å². The molecule has 12 heavy (non-hydrogen) atoms. The van der Waals surface area contributed by atoms with Gasteiger partial charge in [-0.25, -0.2) is 0 Å². The Kier molecular flexibility index (Phi) is 1.47. The van der Waals surface area contributed by atoms with Gasteiger partial charge in [0.15, 0.2) is 0 Å². The number of ether oxygens (including phenoxy) is 2. The first kappa shape index (κ1) is 7.71. The Morgan fingerprint density at radius 3 is 1.33 bits per heavy atom. The summed E-state index contributed by atoms with van der Waals surface area (Å²) in [6.45, 7) is 7.17. The summed E-state index contributed by atoms with van der Waals surface area (Å²) in [6.07, 6.45) is 7.42. The van der Waals surface area contributed by atoms with Crippen molar-refractivity contribution in [3.8, 4) is 0 Å². The van der Waals surface area contributed by atoms with E-state index in [4.69, 9.17) is 9.47 Å². The molecule has 0 aliphatic heterocycles. The predicted octanol–water partition coefficient (Wildman–Crippen LogP) is 2.37. The van der Waals surface area contributed by atoms with Crippen molar-refractivity contribution in [3.63, 3.8) is 0 Å². The van der Waals surface area contributed by atoms with Crippen LogP contribution in [0.5, 0.6) is 0 Å². The molecule has 0 spiro atoms. The molecular formula is C10H14O2. The summed E-state index contributed by atoms with van der Waals surface area (Å²) in [4.78, 5) is 0. The molecule has 0 radical (unpaired) electrons. The lowest BCUT2D eigenvalue weighted by atomic mass is 10.1. The van der Waals surface area contributed by atoms with Crippen LogP contribution in [0.25, 0.3) is 0 Å². The van der Waals surface area contributed by atoms with Gasteiger partial charge in [-0.05, 0) is 25.7 Å². The normalized spacial score (nSPS) is 27.0. The van der Waals surface area contributed by atoms with Crippen molar-refractivity contribution in [2.75, 3.05) is 0 Å². The van der Waals surface area contributed by atoms with Gasteiger partial charge >= 0.3 is 0 Å². The fourth-order valence-corrected chi connectivity index (χ4v) is 1.91. The van der Waals surface area contributed by atoms with E-state index in [2.05, 4.69) is 13.2 Å². The van der Waals surface area contributed by atoms with Crippen molar-refractivity contribution < 1.29 is 9.47 Å². The summed E-state index contributed by atoms with van der Waals surface area (Å²) in [7, 11) is 0. The lowest BCUT2D eigenvalue weighted by Gasteiger charge is -2.25. The molecule has 0 unspecified atom stereocenters. The molecule has 2 aliphatic rings. The molecule has 0 heterocycles. The Hall–Kier alpha value is -0.920. The van der Waals surface area contributed by atoms with Crippen LogP contribution in [0, 0.1) is 0 Å². The molecule has 2 aliphatic carbocycles. The third kappa shape index (κ3) is 0.872. The molecule has 0 saturated heterocycles. The monoisotopic (exact) mass is 166 g/mol. The van der Waals surface area contributed by atoms with Crippen molar-refractivity contribution in [2.45, 2.75) is 36.9 Å². The van der Waals surface area contributed by atoms with Crippen molar-refractivity contribution >= 4 is 0 Å². The molecule has 2 saturated carbocycles. The van der Waals surface area contributed by atoms with Crippen molar-refractivity contribution in [1.82, 2.24) is 0 Å². The first-order valence-corrected chi connectivity index (χ1v) is 4.36. The summed E-state index contributed by atoms with van der Waals surface area (Å²) in [5.74, 6) is 0. The zero-order valence-corrected chi connectivity index (χ0v) is 7.21. The highest BCUT2D eigenvalue weighted by Gasteiger charge is 2.69. The van der Waals surface area contributed by atoms with Crippen LogP contribution >= 0.6 is 0 Å². The van der Waals surface area contributed by atoms with Crippen molar-refractivity contribution in [2.24, 2.45) is 0 Å². The molecular weight excluding hydrogens is 152 g/mol. The lowest BCUT2D eigenvalue weighted by Crippen LogP contribution is -2.33. The maximum atomic E-state index is 5.51. The average molecular weight is 166 g/mol. The van der Waals surface area contributed by atoms with E-state index in [-0.39, 0.29) is 11.2 Å². The Balaban J connectivity index is 2.06. The van der Waals surface area contributed by atoms with E-state index >= 15 is 0 Å². The lowest BCUT2D eigenvalue weighted by molar-refractivity contribution is -0.0374. The molecule has 0 bridgehead atoms. The quantitative estimate of drug-likeness (QED) is 0.584. The SMILES string of the molecule is C=COC1(C2(OC=C)CC2)CC1. The van der Waals surface area contributed by atoms with Crippen molar-refractivity contribution in [1.29, 1.82) is 0 Å². The van der Waals surface area contributed by atoms with Gasteiger partial charge in [0.1, 0.15) is 11.2 Å². The highest BCUT2D eigenvalue weighted by Crippen LogP contribution is 2.61. The van der Waals surface area contributed by atoms with E-state index in [1.807, 2.05) is 0 Å². The third-order valence-electron chi connectivity index (χ3n) is 2.86. The van der Waals surface area contributed by atoms with Gasteiger partial charge in [0.25, 0.3) is 0 Å². The zero-order valence-electron chi connectivity index (χ0n) is 7.21. The van der Waals surface area contributed by atoms with E-state index in [1.54, 1.807) is 0 Å². The fourth-order valence-electron chi connectivity index (χ4n) is 1.91. The predicted molar refractivity (Wildman–Crippen MR) is 46.5 cm³/mol. The topological polar surface area (TPSA) is 18.5 Å². The van der Waals surface area contributed by atoms with Gasteiger partial charge in [-0.2, -0.15) is 0 Å². The van der Waals surface area contributed by atoms with Gasteiger partial charge in [0.2, 0.25) is 0 Å². The summed E-state index contributed by atoms with van der Waals surface area (Å²) in [5.41, 5.74) is -0.105. The van der Waals surface area contributed by atoms with Gasteiger partial charge in [0.05, 0.1) is 12.5 Å². The van der Waals surface area contributed by atoms with E-state index in [0.29, 0.717) is 0 Å². The molecule has 0 aromatic carbocycles. The van der Waals surface area contributed by atoms with Crippen LogP contribution in [0.1, 0.15) is 25.7 Å². The Morgan fingerprint density at radius 2 is 1.17 bits per heavy atom. The van der Waals surface area contributed by atoms with Crippen LogP contribution < -0.4 is 0 Å². The van der Waals surface area contributed by atoms with Crippen molar-refractivity contribution in [3.05, 3.63) is 25.7 Å². The number of rotatable bonds is 5. The molecule has 0 amide bonds. The van der Waals surface area contributed by atoms with Crippen LogP contribution in [-0.4, -0.2) is 11.2 Å². The maximum absolute atomic E-state index is 5.51. The molecule has 66 valence electrons. The maximum Gasteiger partial charge on any atom is 0.148 e. The smallest absolute Gasteiger partial charge is 0.148 e. The largest absolute Gasteiger partial charge is 0.491 e. The second-order valence-electron chi connectivity index (χ2n) is 3.56. The standard InChI is InChI=1S/C10H14O2/c1-3-11-9(5-6-9)10(7-8-10)12-4-2/h3-4H,1-2,5-8H2. The van der Waals surface area contributed by atoms with E-state index in [0.717, 1.165) is 25.7 Å². The van der Waals surface area contributed by atoms with Crippen LogP contribution in [0.4, 0.5) is 0 Å². The molecule has 0 N–H and O–H groups in total. The van der Waals surface area contributed by atoms with Crippen LogP contribution in [-0.2, 0) is 9.47 Å². The van der Waals surface area contributed by atoms with Gasteiger partial charge in [-0.15, -0.1) is 0 Å². The number of hydrogen-bond donors (Lipinski definition) is 0. The Bertz CT molecular complexity index is 188. The van der Waals surface area contributed by atoms with Crippen LogP contribution in [0.2, 0.25) is 0 Å². The third-order valence-corrected chi connectivity index (χ3v) is 2.86. The highest BCUT2D eigenvalue weighted by molar-refractivity contribution is 5.21. The van der Waals surface area contributed by atoms with E-state index in [9.17, 15) is 0 Å².